The van der Waals surface area contributed by atoms with Crippen molar-refractivity contribution in [2.45, 2.75) is 12.4 Å². The highest BCUT2D eigenvalue weighted by Crippen LogP contribution is 2.42. The molecular formula is C23H16F3NO6. The standard InChI is InChI=1S/C23H16F3NO6/c1-31-15-8-4-13(5-9-15)19-18(20(28)17-3-2-12-32-17)21(29)22(30)27(19)14-6-10-16(11-7-14)33-23(24,25)26/h2-12,19,29H,1H3. The van der Waals surface area contributed by atoms with Crippen molar-refractivity contribution in [3.63, 3.8) is 0 Å². The fraction of sp³-hybridized carbons (Fsp3) is 0.130. The van der Waals surface area contributed by atoms with Gasteiger partial charge in [-0.2, -0.15) is 0 Å². The lowest BCUT2D eigenvalue weighted by Crippen LogP contribution is -2.31. The van der Waals surface area contributed by atoms with E-state index in [2.05, 4.69) is 4.74 Å². The van der Waals surface area contributed by atoms with Crippen LogP contribution in [0.3, 0.4) is 0 Å². The summed E-state index contributed by atoms with van der Waals surface area (Å²) in [6, 6.07) is 12.8. The van der Waals surface area contributed by atoms with Gasteiger partial charge >= 0.3 is 6.36 Å². The number of aliphatic hydroxyl groups is 1. The molecule has 0 bridgehead atoms. The number of ether oxygens (including phenoxy) is 2. The third-order valence-corrected chi connectivity index (χ3v) is 4.98. The molecule has 7 nitrogen and oxygen atoms in total. The molecule has 1 aliphatic heterocycles. The summed E-state index contributed by atoms with van der Waals surface area (Å²) in [6.07, 6.45) is -3.60. The zero-order chi connectivity index (χ0) is 23.8. The molecule has 1 amide bonds. The molecule has 0 spiro atoms. The third kappa shape index (κ3) is 4.27. The lowest BCUT2D eigenvalue weighted by atomic mass is 9.94. The highest BCUT2D eigenvalue weighted by atomic mass is 19.4. The van der Waals surface area contributed by atoms with Gasteiger partial charge in [0.15, 0.2) is 11.5 Å². The molecule has 1 N–H and O–H groups in total. The lowest BCUT2D eigenvalue weighted by Gasteiger charge is -2.27. The topological polar surface area (TPSA) is 89.2 Å². The van der Waals surface area contributed by atoms with E-state index in [4.69, 9.17) is 9.15 Å². The van der Waals surface area contributed by atoms with Crippen LogP contribution in [0.15, 0.2) is 82.7 Å². The highest BCUT2D eigenvalue weighted by molar-refractivity contribution is 6.20. The highest BCUT2D eigenvalue weighted by Gasteiger charge is 2.45. The number of aliphatic hydroxyl groups excluding tert-OH is 1. The van der Waals surface area contributed by atoms with E-state index < -0.39 is 35.6 Å². The largest absolute Gasteiger partial charge is 0.573 e. The molecule has 33 heavy (non-hydrogen) atoms. The first-order valence-electron chi connectivity index (χ1n) is 9.54. The van der Waals surface area contributed by atoms with Crippen LogP contribution in [0.2, 0.25) is 0 Å². The van der Waals surface area contributed by atoms with Crippen LogP contribution in [0.25, 0.3) is 0 Å². The van der Waals surface area contributed by atoms with Gasteiger partial charge in [0.25, 0.3) is 5.91 Å². The lowest BCUT2D eigenvalue weighted by molar-refractivity contribution is -0.274. The molecule has 170 valence electrons. The first-order chi connectivity index (χ1) is 15.7. The SMILES string of the molecule is COc1ccc(C2C(C(=O)c3ccco3)=C(O)C(=O)N2c2ccc(OC(F)(F)F)cc2)cc1. The maximum atomic E-state index is 13.1. The Morgan fingerprint density at radius 2 is 1.67 bits per heavy atom. The summed E-state index contributed by atoms with van der Waals surface area (Å²) in [5.41, 5.74) is 0.374. The number of hydrogen-bond donors (Lipinski definition) is 1. The van der Waals surface area contributed by atoms with Gasteiger partial charge in [-0.25, -0.2) is 0 Å². The van der Waals surface area contributed by atoms with E-state index in [1.54, 1.807) is 24.3 Å². The number of nitrogens with zero attached hydrogens (tertiary/aromatic N) is 1. The van der Waals surface area contributed by atoms with E-state index in [0.717, 1.165) is 17.0 Å². The number of rotatable bonds is 6. The minimum Gasteiger partial charge on any atom is -0.503 e. The van der Waals surface area contributed by atoms with Crippen LogP contribution >= 0.6 is 0 Å². The minimum absolute atomic E-state index is 0.0846. The second-order valence-corrected chi connectivity index (χ2v) is 6.96. The maximum Gasteiger partial charge on any atom is 0.573 e. The number of ketones is 1. The molecule has 4 rings (SSSR count). The van der Waals surface area contributed by atoms with Gasteiger partial charge in [-0.05, 0) is 54.1 Å². The van der Waals surface area contributed by atoms with Crippen molar-refractivity contribution in [3.8, 4) is 11.5 Å². The molecule has 2 heterocycles. The number of hydrogen-bond acceptors (Lipinski definition) is 6. The molecule has 1 unspecified atom stereocenters. The summed E-state index contributed by atoms with van der Waals surface area (Å²) in [6.45, 7) is 0. The fourth-order valence-electron chi connectivity index (χ4n) is 3.55. The van der Waals surface area contributed by atoms with Crippen molar-refractivity contribution in [2.75, 3.05) is 12.0 Å². The van der Waals surface area contributed by atoms with Crippen LogP contribution < -0.4 is 14.4 Å². The molecule has 0 saturated carbocycles. The Bertz CT molecular complexity index is 1200. The van der Waals surface area contributed by atoms with Gasteiger partial charge in [-0.1, -0.05) is 12.1 Å². The number of furan rings is 1. The predicted octanol–water partition coefficient (Wildman–Crippen LogP) is 4.97. The van der Waals surface area contributed by atoms with Gasteiger partial charge in [0, 0.05) is 5.69 Å². The van der Waals surface area contributed by atoms with E-state index in [9.17, 15) is 27.9 Å². The van der Waals surface area contributed by atoms with E-state index in [1.807, 2.05) is 0 Å². The fourth-order valence-corrected chi connectivity index (χ4v) is 3.55. The Balaban J connectivity index is 1.78. The van der Waals surface area contributed by atoms with Crippen molar-refractivity contribution in [1.29, 1.82) is 0 Å². The quantitative estimate of drug-likeness (QED) is 0.524. The molecule has 1 aromatic heterocycles. The van der Waals surface area contributed by atoms with Crippen LogP contribution in [0.5, 0.6) is 11.5 Å². The van der Waals surface area contributed by atoms with Crippen molar-refractivity contribution in [2.24, 2.45) is 0 Å². The Morgan fingerprint density at radius 1 is 1.03 bits per heavy atom. The van der Waals surface area contributed by atoms with Gasteiger partial charge in [0.1, 0.15) is 11.5 Å². The summed E-state index contributed by atoms with van der Waals surface area (Å²) in [5, 5.41) is 10.6. The minimum atomic E-state index is -4.88. The maximum absolute atomic E-state index is 13.1. The van der Waals surface area contributed by atoms with E-state index >= 15 is 0 Å². The van der Waals surface area contributed by atoms with Gasteiger partial charge in [-0.3, -0.25) is 14.5 Å². The zero-order valence-electron chi connectivity index (χ0n) is 17.0. The number of anilines is 1. The molecule has 0 aliphatic carbocycles. The molecule has 3 aromatic rings. The smallest absolute Gasteiger partial charge is 0.503 e. The Labute approximate surface area is 185 Å². The second-order valence-electron chi connectivity index (χ2n) is 6.96. The van der Waals surface area contributed by atoms with Gasteiger partial charge < -0.3 is 19.0 Å². The summed E-state index contributed by atoms with van der Waals surface area (Å²) >= 11 is 0. The summed E-state index contributed by atoms with van der Waals surface area (Å²) in [5.74, 6) is -2.42. The van der Waals surface area contributed by atoms with Crippen molar-refractivity contribution in [1.82, 2.24) is 0 Å². The number of Topliss-reactive ketones (excluding diaryl/α,β-unsaturated/α-hetero) is 1. The number of alkyl halides is 3. The third-order valence-electron chi connectivity index (χ3n) is 4.98. The van der Waals surface area contributed by atoms with Crippen LogP contribution in [-0.2, 0) is 4.79 Å². The Morgan fingerprint density at radius 3 is 2.21 bits per heavy atom. The number of methoxy groups -OCH3 is 1. The molecule has 1 aliphatic rings. The predicted molar refractivity (Wildman–Crippen MR) is 109 cm³/mol. The van der Waals surface area contributed by atoms with E-state index in [1.165, 1.54) is 37.6 Å². The van der Waals surface area contributed by atoms with Gasteiger partial charge in [0.2, 0.25) is 5.78 Å². The monoisotopic (exact) mass is 459 g/mol. The van der Waals surface area contributed by atoms with Crippen LogP contribution in [0.4, 0.5) is 18.9 Å². The molecule has 0 fully saturated rings. The van der Waals surface area contributed by atoms with Crippen LogP contribution in [0.1, 0.15) is 22.2 Å². The number of carbonyl (C=O) groups excluding carboxylic acids is 2. The van der Waals surface area contributed by atoms with E-state index in [-0.39, 0.29) is 17.0 Å². The molecule has 0 radical (unpaired) electrons. The van der Waals surface area contributed by atoms with Crippen LogP contribution in [-0.4, -0.2) is 30.3 Å². The first kappa shape index (κ1) is 22.0. The summed E-state index contributed by atoms with van der Waals surface area (Å²) < 4.78 is 51.6. The second kappa shape index (κ2) is 8.38. The van der Waals surface area contributed by atoms with Crippen LogP contribution in [0, 0.1) is 0 Å². The van der Waals surface area contributed by atoms with Gasteiger partial charge in [0.05, 0.1) is 25.0 Å². The number of amides is 1. The average molecular weight is 459 g/mol. The van der Waals surface area contributed by atoms with Gasteiger partial charge in [-0.15, -0.1) is 13.2 Å². The molecule has 10 heteroatoms. The molecule has 1 atom stereocenters. The first-order valence-corrected chi connectivity index (χ1v) is 9.54. The number of halogens is 3. The average Bonchev–Trinajstić information content (AvgIpc) is 3.41. The normalized spacial score (nSPS) is 16.3. The Kier molecular flexibility index (Phi) is 5.59. The van der Waals surface area contributed by atoms with Crippen molar-refractivity contribution < 1.29 is 41.8 Å². The molecule has 2 aromatic carbocycles. The molecule has 0 saturated heterocycles. The molecular weight excluding hydrogens is 443 g/mol. The Hall–Kier alpha value is -4.21. The number of carbonyl (C=O) groups is 2. The summed E-state index contributed by atoms with van der Waals surface area (Å²) in [7, 11) is 1.47. The zero-order valence-corrected chi connectivity index (χ0v) is 17.0. The van der Waals surface area contributed by atoms with E-state index in [0.29, 0.717) is 11.3 Å². The van der Waals surface area contributed by atoms with Crippen molar-refractivity contribution >= 4 is 17.4 Å². The number of benzene rings is 2. The summed E-state index contributed by atoms with van der Waals surface area (Å²) in [4.78, 5) is 27.2. The van der Waals surface area contributed by atoms with Crippen molar-refractivity contribution in [3.05, 3.63) is 89.6 Å².